The van der Waals surface area contributed by atoms with Crippen molar-refractivity contribution in [1.29, 1.82) is 0 Å². The second-order valence-corrected chi connectivity index (χ2v) is 5.68. The van der Waals surface area contributed by atoms with Crippen LogP contribution in [0.4, 0.5) is 0 Å². The average molecular weight is 299 g/mol. The zero-order chi connectivity index (χ0) is 16.1. The molecule has 0 unspecified atom stereocenters. The summed E-state index contributed by atoms with van der Waals surface area (Å²) in [6, 6.07) is 14.0. The van der Waals surface area contributed by atoms with Crippen LogP contribution < -0.4 is 0 Å². The molecule has 0 saturated carbocycles. The molecule has 0 heterocycles. The number of hydrogen-bond acceptors (Lipinski definition) is 2. The van der Waals surface area contributed by atoms with Gasteiger partial charge in [0, 0.05) is 12.6 Å². The van der Waals surface area contributed by atoms with Gasteiger partial charge in [0.2, 0.25) is 5.91 Å². The van der Waals surface area contributed by atoms with E-state index in [4.69, 9.17) is 5.11 Å². The lowest BCUT2D eigenvalue weighted by atomic mass is 10.0. The topological polar surface area (TPSA) is 57.6 Å². The van der Waals surface area contributed by atoms with E-state index in [1.807, 2.05) is 56.3 Å². The molecule has 0 aliphatic rings. The highest BCUT2D eigenvalue weighted by Crippen LogP contribution is 2.17. The van der Waals surface area contributed by atoms with Crippen LogP contribution in [0.25, 0.3) is 10.8 Å². The molecule has 0 atom stereocenters. The molecule has 22 heavy (non-hydrogen) atoms. The Morgan fingerprint density at radius 2 is 1.77 bits per heavy atom. The van der Waals surface area contributed by atoms with Crippen molar-refractivity contribution in [3.63, 3.8) is 0 Å². The number of nitrogens with zero attached hydrogens (tertiary/aromatic N) is 1. The Labute approximate surface area is 130 Å². The summed E-state index contributed by atoms with van der Waals surface area (Å²) in [5, 5.41) is 11.0. The molecule has 2 aromatic rings. The fraction of sp³-hybridized carbons (Fsp3) is 0.333. The van der Waals surface area contributed by atoms with Gasteiger partial charge in [0.15, 0.2) is 0 Å². The fourth-order valence-corrected chi connectivity index (χ4v) is 2.51. The van der Waals surface area contributed by atoms with Crippen molar-refractivity contribution in [3.8, 4) is 0 Å². The molecular weight excluding hydrogens is 278 g/mol. The number of amides is 1. The van der Waals surface area contributed by atoms with Crippen molar-refractivity contribution in [3.05, 3.63) is 48.0 Å². The van der Waals surface area contributed by atoms with Crippen LogP contribution in [0.3, 0.4) is 0 Å². The normalized spacial score (nSPS) is 10.9. The van der Waals surface area contributed by atoms with Crippen LogP contribution in [-0.4, -0.2) is 34.5 Å². The van der Waals surface area contributed by atoms with Gasteiger partial charge in [-0.1, -0.05) is 42.5 Å². The van der Waals surface area contributed by atoms with Crippen LogP contribution in [0.2, 0.25) is 0 Å². The molecule has 0 aliphatic heterocycles. The molecule has 1 N–H and O–H groups in total. The maximum atomic E-state index is 12.4. The highest BCUT2D eigenvalue weighted by molar-refractivity contribution is 5.85. The van der Waals surface area contributed by atoms with Gasteiger partial charge in [0.05, 0.1) is 12.8 Å². The van der Waals surface area contributed by atoms with E-state index in [0.29, 0.717) is 6.42 Å². The number of carbonyl (C=O) groups excluding carboxylic acids is 1. The molecule has 0 saturated heterocycles. The van der Waals surface area contributed by atoms with Crippen molar-refractivity contribution in [2.24, 2.45) is 0 Å². The van der Waals surface area contributed by atoms with Crippen molar-refractivity contribution < 1.29 is 14.7 Å². The molecule has 2 rings (SSSR count). The van der Waals surface area contributed by atoms with Gasteiger partial charge in [-0.2, -0.15) is 0 Å². The van der Waals surface area contributed by atoms with Gasteiger partial charge >= 0.3 is 5.97 Å². The quantitative estimate of drug-likeness (QED) is 0.891. The number of carbonyl (C=O) groups is 2. The summed E-state index contributed by atoms with van der Waals surface area (Å²) >= 11 is 0. The van der Waals surface area contributed by atoms with E-state index in [1.54, 1.807) is 4.90 Å². The summed E-state index contributed by atoms with van der Waals surface area (Å²) in [7, 11) is 0. The summed E-state index contributed by atoms with van der Waals surface area (Å²) < 4.78 is 0. The van der Waals surface area contributed by atoms with E-state index in [9.17, 15) is 9.59 Å². The van der Waals surface area contributed by atoms with Crippen LogP contribution in [0.15, 0.2) is 42.5 Å². The zero-order valence-electron chi connectivity index (χ0n) is 13.0. The summed E-state index contributed by atoms with van der Waals surface area (Å²) in [4.78, 5) is 24.8. The van der Waals surface area contributed by atoms with Crippen LogP contribution >= 0.6 is 0 Å². The first kappa shape index (κ1) is 16.0. The van der Waals surface area contributed by atoms with E-state index in [-0.39, 0.29) is 24.9 Å². The van der Waals surface area contributed by atoms with Crippen molar-refractivity contribution in [2.75, 3.05) is 6.54 Å². The van der Waals surface area contributed by atoms with Crippen molar-refractivity contribution in [2.45, 2.75) is 32.7 Å². The Kier molecular flexibility index (Phi) is 5.15. The Morgan fingerprint density at radius 3 is 2.41 bits per heavy atom. The fourth-order valence-electron chi connectivity index (χ4n) is 2.51. The van der Waals surface area contributed by atoms with Crippen molar-refractivity contribution in [1.82, 2.24) is 4.90 Å². The maximum absolute atomic E-state index is 12.4. The number of benzene rings is 2. The lowest BCUT2D eigenvalue weighted by Crippen LogP contribution is -2.39. The zero-order valence-corrected chi connectivity index (χ0v) is 13.0. The molecule has 0 bridgehead atoms. The molecule has 0 radical (unpaired) electrons. The summed E-state index contributed by atoms with van der Waals surface area (Å²) in [6.45, 7) is 4.06. The van der Waals surface area contributed by atoms with Crippen LogP contribution in [-0.2, 0) is 16.0 Å². The minimum Gasteiger partial charge on any atom is -0.481 e. The van der Waals surface area contributed by atoms with E-state index in [2.05, 4.69) is 0 Å². The van der Waals surface area contributed by atoms with E-state index in [1.165, 1.54) is 0 Å². The first-order chi connectivity index (χ1) is 10.5. The second-order valence-electron chi connectivity index (χ2n) is 5.68. The Balaban J connectivity index is 2.11. The highest BCUT2D eigenvalue weighted by Gasteiger charge is 2.18. The predicted molar refractivity (Wildman–Crippen MR) is 86.8 cm³/mol. The van der Waals surface area contributed by atoms with Gasteiger partial charge in [-0.3, -0.25) is 9.59 Å². The van der Waals surface area contributed by atoms with Crippen LogP contribution in [0.5, 0.6) is 0 Å². The smallest absolute Gasteiger partial charge is 0.305 e. The van der Waals surface area contributed by atoms with Crippen LogP contribution in [0, 0.1) is 0 Å². The SMILES string of the molecule is CC(C)N(CCC(=O)O)C(=O)Cc1ccc2ccccc2c1. The summed E-state index contributed by atoms with van der Waals surface area (Å²) in [5.41, 5.74) is 0.949. The van der Waals surface area contributed by atoms with Gasteiger partial charge in [0.25, 0.3) is 0 Å². The summed E-state index contributed by atoms with van der Waals surface area (Å²) in [6.07, 6.45) is 0.268. The Bertz CT molecular complexity index is 679. The number of fused-ring (bicyclic) bond motifs is 1. The lowest BCUT2D eigenvalue weighted by Gasteiger charge is -2.26. The number of carboxylic acids is 1. The highest BCUT2D eigenvalue weighted by atomic mass is 16.4. The predicted octanol–water partition coefficient (Wildman–Crippen LogP) is 3.09. The number of carboxylic acid groups (broad SMARTS) is 1. The van der Waals surface area contributed by atoms with Gasteiger partial charge in [0.1, 0.15) is 0 Å². The first-order valence-electron chi connectivity index (χ1n) is 7.46. The standard InChI is InChI=1S/C18H21NO3/c1-13(2)19(10-9-18(21)22)17(20)12-14-7-8-15-5-3-4-6-16(15)11-14/h3-8,11,13H,9-10,12H2,1-2H3,(H,21,22). The molecule has 0 aliphatic carbocycles. The first-order valence-corrected chi connectivity index (χ1v) is 7.46. The van der Waals surface area contributed by atoms with Crippen molar-refractivity contribution >= 4 is 22.6 Å². The molecule has 116 valence electrons. The van der Waals surface area contributed by atoms with Gasteiger partial charge < -0.3 is 10.0 Å². The largest absolute Gasteiger partial charge is 0.481 e. The number of hydrogen-bond donors (Lipinski definition) is 1. The molecule has 0 fully saturated rings. The minimum absolute atomic E-state index is 0.00712. The Morgan fingerprint density at radius 1 is 1.09 bits per heavy atom. The monoisotopic (exact) mass is 299 g/mol. The third-order valence-corrected chi connectivity index (χ3v) is 3.68. The Hall–Kier alpha value is -2.36. The summed E-state index contributed by atoms with van der Waals surface area (Å²) in [5.74, 6) is -0.921. The molecular formula is C18H21NO3. The average Bonchev–Trinajstić information content (AvgIpc) is 2.46. The van der Waals surface area contributed by atoms with Gasteiger partial charge in [-0.25, -0.2) is 0 Å². The number of rotatable bonds is 6. The molecule has 2 aromatic carbocycles. The van der Waals surface area contributed by atoms with Crippen LogP contribution in [0.1, 0.15) is 25.8 Å². The number of aliphatic carboxylic acids is 1. The van der Waals surface area contributed by atoms with E-state index in [0.717, 1.165) is 16.3 Å². The van der Waals surface area contributed by atoms with Gasteiger partial charge in [-0.05, 0) is 30.2 Å². The van der Waals surface area contributed by atoms with Gasteiger partial charge in [-0.15, -0.1) is 0 Å². The third kappa shape index (κ3) is 4.07. The molecule has 1 amide bonds. The third-order valence-electron chi connectivity index (χ3n) is 3.68. The second kappa shape index (κ2) is 7.07. The molecule has 4 heteroatoms. The molecule has 4 nitrogen and oxygen atoms in total. The molecule has 0 aromatic heterocycles. The molecule has 0 spiro atoms. The lowest BCUT2D eigenvalue weighted by molar-refractivity contribution is -0.139. The minimum atomic E-state index is -0.885. The van der Waals surface area contributed by atoms with E-state index >= 15 is 0 Å². The maximum Gasteiger partial charge on any atom is 0.305 e. The van der Waals surface area contributed by atoms with E-state index < -0.39 is 5.97 Å².